The lowest BCUT2D eigenvalue weighted by molar-refractivity contribution is 0.338. The van der Waals surface area contributed by atoms with Crippen molar-refractivity contribution >= 4 is 11.6 Å². The molecule has 28 heavy (non-hydrogen) atoms. The summed E-state index contributed by atoms with van der Waals surface area (Å²) in [6.45, 7) is 4.33. The van der Waals surface area contributed by atoms with E-state index >= 15 is 0 Å². The Hall–Kier alpha value is -2.58. The molecule has 3 aromatic carbocycles. The molecule has 0 bridgehead atoms. The Labute approximate surface area is 171 Å². The van der Waals surface area contributed by atoms with Gasteiger partial charge in [0.15, 0.2) is 5.82 Å². The highest BCUT2D eigenvalue weighted by Crippen LogP contribution is 2.35. The average Bonchev–Trinajstić information content (AvgIpc) is 2.73. The molecule has 0 radical (unpaired) electrons. The summed E-state index contributed by atoms with van der Waals surface area (Å²) in [7, 11) is 0. The lowest BCUT2D eigenvalue weighted by Gasteiger charge is -2.11. The van der Waals surface area contributed by atoms with Crippen molar-refractivity contribution in [3.05, 3.63) is 89.2 Å². The number of rotatable bonds is 7. The van der Waals surface area contributed by atoms with Crippen LogP contribution in [-0.2, 0) is 6.42 Å². The predicted octanol–water partition coefficient (Wildman–Crippen LogP) is 7.72. The molecule has 144 valence electrons. The van der Waals surface area contributed by atoms with Crippen LogP contribution in [0.2, 0.25) is 5.02 Å². The molecule has 0 heterocycles. The van der Waals surface area contributed by atoms with Gasteiger partial charge in [-0.05, 0) is 61.1 Å². The second-order valence-electron chi connectivity index (χ2n) is 6.55. The van der Waals surface area contributed by atoms with Crippen LogP contribution < -0.4 is 4.74 Å². The number of aryl methyl sites for hydroxylation is 1. The van der Waals surface area contributed by atoms with Gasteiger partial charge in [-0.1, -0.05) is 72.3 Å². The lowest BCUT2D eigenvalue weighted by Crippen LogP contribution is -1.95. The van der Waals surface area contributed by atoms with Crippen LogP contribution in [0.3, 0.4) is 0 Å². The fourth-order valence-corrected chi connectivity index (χ4v) is 3.36. The molecule has 0 saturated carbocycles. The van der Waals surface area contributed by atoms with E-state index in [-0.39, 0.29) is 5.02 Å². The van der Waals surface area contributed by atoms with E-state index in [2.05, 4.69) is 36.4 Å². The van der Waals surface area contributed by atoms with Crippen LogP contribution in [0.4, 0.5) is 4.39 Å². The first-order valence-corrected chi connectivity index (χ1v) is 9.93. The van der Waals surface area contributed by atoms with Crippen LogP contribution in [0, 0.1) is 5.82 Å². The van der Waals surface area contributed by atoms with Gasteiger partial charge in [0.05, 0.1) is 6.61 Å². The highest BCUT2D eigenvalue weighted by atomic mass is 35.5. The van der Waals surface area contributed by atoms with E-state index in [1.54, 1.807) is 12.1 Å². The zero-order valence-corrected chi connectivity index (χ0v) is 17.0. The average molecular weight is 395 g/mol. The monoisotopic (exact) mass is 394 g/mol. The fourth-order valence-electron chi connectivity index (χ4n) is 3.14. The first kappa shape index (κ1) is 20.2. The quantitative estimate of drug-likeness (QED) is 0.372. The minimum Gasteiger partial charge on any atom is -0.492 e. The Morgan fingerprint density at radius 2 is 1.50 bits per heavy atom. The maximum atomic E-state index is 14.6. The van der Waals surface area contributed by atoms with Crippen molar-refractivity contribution < 1.29 is 9.13 Å². The van der Waals surface area contributed by atoms with Gasteiger partial charge in [0.2, 0.25) is 0 Å². The normalized spacial score (nSPS) is 11.1. The van der Waals surface area contributed by atoms with Crippen LogP contribution in [0.25, 0.3) is 22.3 Å². The minimum atomic E-state index is -0.453. The third-order valence-corrected chi connectivity index (χ3v) is 5.02. The van der Waals surface area contributed by atoms with Crippen molar-refractivity contribution in [2.75, 3.05) is 6.61 Å². The molecule has 0 unspecified atom stereocenters. The summed E-state index contributed by atoms with van der Waals surface area (Å²) in [5.74, 6) is -0.0811. The van der Waals surface area contributed by atoms with Crippen molar-refractivity contribution in [3.63, 3.8) is 0 Å². The number of halogens is 2. The second kappa shape index (κ2) is 9.57. The highest BCUT2D eigenvalue weighted by molar-refractivity contribution is 6.32. The topological polar surface area (TPSA) is 9.23 Å². The molecule has 0 aliphatic rings. The second-order valence-corrected chi connectivity index (χ2v) is 6.93. The van der Waals surface area contributed by atoms with Crippen LogP contribution in [-0.4, -0.2) is 6.61 Å². The number of ether oxygens (including phenoxy) is 1. The van der Waals surface area contributed by atoms with Gasteiger partial charge in [0.25, 0.3) is 0 Å². The molecule has 0 amide bonds. The van der Waals surface area contributed by atoms with Crippen LogP contribution in [0.5, 0.6) is 5.75 Å². The molecule has 0 N–H and O–H groups in total. The van der Waals surface area contributed by atoms with Gasteiger partial charge in [-0.3, -0.25) is 0 Å². The SMILES string of the molecule is C/C=C/CCc1ccc(-c2ccc(-c3ccc(OCC)c(Cl)c3F)cc2)cc1. The van der Waals surface area contributed by atoms with E-state index in [0.29, 0.717) is 17.9 Å². The molecular formula is C25H24ClFO. The van der Waals surface area contributed by atoms with E-state index in [1.165, 1.54) is 5.56 Å². The summed E-state index contributed by atoms with van der Waals surface area (Å²) in [6.07, 6.45) is 6.36. The van der Waals surface area contributed by atoms with E-state index < -0.39 is 5.82 Å². The Morgan fingerprint density at radius 3 is 2.11 bits per heavy atom. The van der Waals surface area contributed by atoms with E-state index in [4.69, 9.17) is 16.3 Å². The largest absolute Gasteiger partial charge is 0.492 e. The molecule has 0 atom stereocenters. The van der Waals surface area contributed by atoms with Crippen LogP contribution in [0.15, 0.2) is 72.8 Å². The Balaban J connectivity index is 1.79. The fraction of sp³-hybridized carbons (Fsp3) is 0.200. The molecule has 3 rings (SSSR count). The molecule has 0 aliphatic heterocycles. The van der Waals surface area contributed by atoms with Crippen LogP contribution >= 0.6 is 11.6 Å². The Morgan fingerprint density at radius 1 is 0.893 bits per heavy atom. The van der Waals surface area contributed by atoms with Crippen molar-refractivity contribution in [2.45, 2.75) is 26.7 Å². The molecule has 3 heteroatoms. The van der Waals surface area contributed by atoms with Crippen molar-refractivity contribution in [3.8, 4) is 28.0 Å². The zero-order valence-electron chi connectivity index (χ0n) is 16.2. The first-order chi connectivity index (χ1) is 13.6. The zero-order chi connectivity index (χ0) is 19.9. The summed E-state index contributed by atoms with van der Waals surface area (Å²) >= 11 is 6.11. The first-order valence-electron chi connectivity index (χ1n) is 9.55. The van der Waals surface area contributed by atoms with Crippen molar-refractivity contribution in [1.29, 1.82) is 0 Å². The molecule has 1 nitrogen and oxygen atoms in total. The van der Waals surface area contributed by atoms with Crippen LogP contribution in [0.1, 0.15) is 25.8 Å². The number of hydrogen-bond donors (Lipinski definition) is 0. The number of benzene rings is 3. The number of allylic oxidation sites excluding steroid dienone is 2. The lowest BCUT2D eigenvalue weighted by atomic mass is 9.98. The van der Waals surface area contributed by atoms with Crippen molar-refractivity contribution in [1.82, 2.24) is 0 Å². The molecular weight excluding hydrogens is 371 g/mol. The third-order valence-electron chi connectivity index (χ3n) is 4.67. The summed E-state index contributed by atoms with van der Waals surface area (Å²) in [5, 5.41) is 0.0249. The molecule has 0 aromatic heterocycles. The van der Waals surface area contributed by atoms with Gasteiger partial charge >= 0.3 is 0 Å². The summed E-state index contributed by atoms with van der Waals surface area (Å²) in [4.78, 5) is 0. The Bertz CT molecular complexity index is 944. The van der Waals surface area contributed by atoms with Gasteiger partial charge in [0, 0.05) is 5.56 Å². The van der Waals surface area contributed by atoms with Gasteiger partial charge < -0.3 is 4.74 Å². The molecule has 3 aromatic rings. The van der Waals surface area contributed by atoms with Gasteiger partial charge in [-0.2, -0.15) is 0 Å². The molecule has 0 spiro atoms. The smallest absolute Gasteiger partial charge is 0.153 e. The third kappa shape index (κ3) is 4.63. The molecule has 0 saturated heterocycles. The standard InChI is InChI=1S/C25H24ClFO/c1-3-5-6-7-18-8-10-19(11-9-18)20-12-14-21(15-13-20)22-16-17-23(28-4-2)24(26)25(22)27/h3,5,8-17H,4,6-7H2,1-2H3/b5-3+. The Kier molecular flexibility index (Phi) is 6.89. The van der Waals surface area contributed by atoms with Gasteiger partial charge in [-0.15, -0.1) is 0 Å². The minimum absolute atomic E-state index is 0.0249. The maximum Gasteiger partial charge on any atom is 0.153 e. The predicted molar refractivity (Wildman–Crippen MR) is 117 cm³/mol. The van der Waals surface area contributed by atoms with Crippen molar-refractivity contribution in [2.24, 2.45) is 0 Å². The summed E-state index contributed by atoms with van der Waals surface area (Å²) in [6, 6.07) is 19.9. The highest BCUT2D eigenvalue weighted by Gasteiger charge is 2.14. The van der Waals surface area contributed by atoms with Gasteiger partial charge in [-0.25, -0.2) is 4.39 Å². The van der Waals surface area contributed by atoms with E-state index in [0.717, 1.165) is 29.5 Å². The van der Waals surface area contributed by atoms with E-state index in [1.807, 2.05) is 38.1 Å². The maximum absolute atomic E-state index is 14.6. The summed E-state index contributed by atoms with van der Waals surface area (Å²) < 4.78 is 20.0. The number of hydrogen-bond acceptors (Lipinski definition) is 1. The molecule has 0 fully saturated rings. The van der Waals surface area contributed by atoms with Gasteiger partial charge in [0.1, 0.15) is 10.8 Å². The molecule has 0 aliphatic carbocycles. The summed E-state index contributed by atoms with van der Waals surface area (Å²) in [5.41, 5.74) is 4.82. The van der Waals surface area contributed by atoms with E-state index in [9.17, 15) is 4.39 Å².